The van der Waals surface area contributed by atoms with Crippen LogP contribution >= 0.6 is 11.3 Å². The molecule has 2 N–H and O–H groups in total. The SMILES string of the molecule is Cc1nc(Cn2ccnc2CC(C)N)cs1. The predicted octanol–water partition coefficient (Wildman–Crippen LogP) is 1.59. The van der Waals surface area contributed by atoms with E-state index in [9.17, 15) is 0 Å². The molecule has 0 saturated carbocycles. The van der Waals surface area contributed by atoms with Crippen LogP contribution in [-0.4, -0.2) is 20.6 Å². The van der Waals surface area contributed by atoms with Gasteiger partial charge in [0.25, 0.3) is 0 Å². The van der Waals surface area contributed by atoms with E-state index in [1.165, 1.54) is 0 Å². The summed E-state index contributed by atoms with van der Waals surface area (Å²) in [6.45, 7) is 4.79. The van der Waals surface area contributed by atoms with Crippen molar-refractivity contribution in [3.63, 3.8) is 0 Å². The predicted molar refractivity (Wildman–Crippen MR) is 65.5 cm³/mol. The van der Waals surface area contributed by atoms with Crippen molar-refractivity contribution in [1.29, 1.82) is 0 Å². The maximum Gasteiger partial charge on any atom is 0.110 e. The van der Waals surface area contributed by atoms with Gasteiger partial charge in [0.15, 0.2) is 0 Å². The van der Waals surface area contributed by atoms with Gasteiger partial charge in [-0.3, -0.25) is 0 Å². The van der Waals surface area contributed by atoms with Crippen molar-refractivity contribution in [3.8, 4) is 0 Å². The molecule has 5 heteroatoms. The van der Waals surface area contributed by atoms with Gasteiger partial charge in [-0.2, -0.15) is 0 Å². The van der Waals surface area contributed by atoms with Crippen molar-refractivity contribution < 1.29 is 0 Å². The molecule has 0 aliphatic rings. The summed E-state index contributed by atoms with van der Waals surface area (Å²) in [7, 11) is 0. The summed E-state index contributed by atoms with van der Waals surface area (Å²) in [6, 6.07) is 0.137. The molecule has 2 rings (SSSR count). The zero-order valence-electron chi connectivity index (χ0n) is 9.55. The molecule has 1 atom stereocenters. The Morgan fingerprint density at radius 1 is 1.56 bits per heavy atom. The van der Waals surface area contributed by atoms with E-state index in [4.69, 9.17) is 5.73 Å². The Morgan fingerprint density at radius 3 is 3.00 bits per heavy atom. The number of hydrogen-bond acceptors (Lipinski definition) is 4. The highest BCUT2D eigenvalue weighted by atomic mass is 32.1. The minimum absolute atomic E-state index is 0.137. The molecule has 86 valence electrons. The number of nitrogens with two attached hydrogens (primary N) is 1. The fourth-order valence-electron chi connectivity index (χ4n) is 1.62. The third-order valence-electron chi connectivity index (χ3n) is 2.31. The van der Waals surface area contributed by atoms with Gasteiger partial charge < -0.3 is 10.3 Å². The average Bonchev–Trinajstić information content (AvgIpc) is 2.77. The highest BCUT2D eigenvalue weighted by molar-refractivity contribution is 7.09. The van der Waals surface area contributed by atoms with Crippen molar-refractivity contribution in [2.45, 2.75) is 32.9 Å². The summed E-state index contributed by atoms with van der Waals surface area (Å²) in [5.74, 6) is 1.03. The Balaban J connectivity index is 2.12. The van der Waals surface area contributed by atoms with Crippen molar-refractivity contribution in [2.24, 2.45) is 5.73 Å². The van der Waals surface area contributed by atoms with Crippen LogP contribution < -0.4 is 5.73 Å². The van der Waals surface area contributed by atoms with Gasteiger partial charge in [0.1, 0.15) is 5.82 Å². The summed E-state index contributed by atoms with van der Waals surface area (Å²) in [5.41, 5.74) is 6.87. The van der Waals surface area contributed by atoms with Crippen LogP contribution in [0.25, 0.3) is 0 Å². The van der Waals surface area contributed by atoms with E-state index in [0.717, 1.165) is 29.5 Å². The fourth-order valence-corrected chi connectivity index (χ4v) is 2.22. The molecule has 0 aromatic carbocycles. The summed E-state index contributed by atoms with van der Waals surface area (Å²) in [6.07, 6.45) is 4.60. The summed E-state index contributed by atoms with van der Waals surface area (Å²) in [4.78, 5) is 8.76. The van der Waals surface area contributed by atoms with Crippen LogP contribution in [0.3, 0.4) is 0 Å². The zero-order valence-corrected chi connectivity index (χ0v) is 10.4. The number of nitrogens with zero attached hydrogens (tertiary/aromatic N) is 3. The normalized spacial score (nSPS) is 12.9. The van der Waals surface area contributed by atoms with E-state index < -0.39 is 0 Å². The third kappa shape index (κ3) is 2.68. The van der Waals surface area contributed by atoms with E-state index >= 15 is 0 Å². The lowest BCUT2D eigenvalue weighted by molar-refractivity contribution is 0.644. The van der Waals surface area contributed by atoms with E-state index in [-0.39, 0.29) is 6.04 Å². The molecule has 0 fully saturated rings. The quantitative estimate of drug-likeness (QED) is 0.877. The summed E-state index contributed by atoms with van der Waals surface area (Å²) in [5, 5.41) is 3.19. The molecule has 0 aliphatic carbocycles. The molecular weight excluding hydrogens is 220 g/mol. The Hall–Kier alpha value is -1.20. The van der Waals surface area contributed by atoms with Crippen LogP contribution in [-0.2, 0) is 13.0 Å². The lowest BCUT2D eigenvalue weighted by Crippen LogP contribution is -2.20. The Bertz CT molecular complexity index is 458. The van der Waals surface area contributed by atoms with Gasteiger partial charge in [0.05, 0.1) is 17.2 Å². The maximum atomic E-state index is 5.78. The van der Waals surface area contributed by atoms with Crippen LogP contribution in [0.5, 0.6) is 0 Å². The van der Waals surface area contributed by atoms with Crippen LogP contribution in [0.2, 0.25) is 0 Å². The lowest BCUT2D eigenvalue weighted by Gasteiger charge is -2.08. The van der Waals surface area contributed by atoms with Crippen molar-refractivity contribution in [2.75, 3.05) is 0 Å². The molecule has 0 spiro atoms. The van der Waals surface area contributed by atoms with Gasteiger partial charge in [-0.05, 0) is 13.8 Å². The first-order valence-electron chi connectivity index (χ1n) is 5.31. The second kappa shape index (κ2) is 4.76. The number of imidazole rings is 1. The highest BCUT2D eigenvalue weighted by Crippen LogP contribution is 2.11. The fraction of sp³-hybridized carbons (Fsp3) is 0.455. The highest BCUT2D eigenvalue weighted by Gasteiger charge is 2.07. The second-order valence-corrected chi connectivity index (χ2v) is 5.07. The zero-order chi connectivity index (χ0) is 11.5. The first kappa shape index (κ1) is 11.3. The molecular formula is C11H16N4S. The van der Waals surface area contributed by atoms with Gasteiger partial charge in [-0.1, -0.05) is 0 Å². The number of hydrogen-bond donors (Lipinski definition) is 1. The summed E-state index contributed by atoms with van der Waals surface area (Å²) >= 11 is 1.68. The first-order valence-corrected chi connectivity index (χ1v) is 6.19. The minimum atomic E-state index is 0.137. The molecule has 2 aromatic heterocycles. The molecule has 0 amide bonds. The summed E-state index contributed by atoms with van der Waals surface area (Å²) < 4.78 is 2.11. The topological polar surface area (TPSA) is 56.7 Å². The number of aromatic nitrogens is 3. The Morgan fingerprint density at radius 2 is 2.38 bits per heavy atom. The number of rotatable bonds is 4. The molecule has 0 radical (unpaired) electrons. The van der Waals surface area contributed by atoms with Gasteiger partial charge in [0, 0.05) is 30.2 Å². The monoisotopic (exact) mass is 236 g/mol. The molecule has 16 heavy (non-hydrogen) atoms. The largest absolute Gasteiger partial charge is 0.329 e. The number of aryl methyl sites for hydroxylation is 1. The third-order valence-corrected chi connectivity index (χ3v) is 3.13. The standard InChI is InChI=1S/C11H16N4S/c1-8(12)5-11-13-3-4-15(11)6-10-7-16-9(2)14-10/h3-4,7-8H,5-6,12H2,1-2H3. The average molecular weight is 236 g/mol. The number of thiazole rings is 1. The molecule has 0 aliphatic heterocycles. The van der Waals surface area contributed by atoms with Crippen LogP contribution in [0.1, 0.15) is 23.4 Å². The minimum Gasteiger partial charge on any atom is -0.329 e. The van der Waals surface area contributed by atoms with Crippen LogP contribution in [0, 0.1) is 6.92 Å². The van der Waals surface area contributed by atoms with Crippen molar-refractivity contribution in [1.82, 2.24) is 14.5 Å². The van der Waals surface area contributed by atoms with E-state index in [2.05, 4.69) is 19.9 Å². The lowest BCUT2D eigenvalue weighted by atomic mass is 10.2. The van der Waals surface area contributed by atoms with E-state index in [1.54, 1.807) is 11.3 Å². The molecule has 0 bridgehead atoms. The van der Waals surface area contributed by atoms with E-state index in [0.29, 0.717) is 0 Å². The van der Waals surface area contributed by atoms with Crippen molar-refractivity contribution >= 4 is 11.3 Å². The van der Waals surface area contributed by atoms with Gasteiger partial charge in [0.2, 0.25) is 0 Å². The van der Waals surface area contributed by atoms with Gasteiger partial charge >= 0.3 is 0 Å². The Labute approximate surface area is 99.2 Å². The molecule has 0 saturated heterocycles. The van der Waals surface area contributed by atoms with Crippen LogP contribution in [0.4, 0.5) is 0 Å². The van der Waals surface area contributed by atoms with Crippen LogP contribution in [0.15, 0.2) is 17.8 Å². The van der Waals surface area contributed by atoms with Gasteiger partial charge in [-0.15, -0.1) is 11.3 Å². The van der Waals surface area contributed by atoms with Gasteiger partial charge in [-0.25, -0.2) is 9.97 Å². The van der Waals surface area contributed by atoms with Crippen molar-refractivity contribution in [3.05, 3.63) is 34.3 Å². The molecule has 1 unspecified atom stereocenters. The maximum absolute atomic E-state index is 5.78. The molecule has 2 aromatic rings. The molecule has 2 heterocycles. The smallest absolute Gasteiger partial charge is 0.110 e. The Kier molecular flexibility index (Phi) is 3.36. The first-order chi connectivity index (χ1) is 7.65. The molecule has 4 nitrogen and oxygen atoms in total. The van der Waals surface area contributed by atoms with E-state index in [1.807, 2.05) is 26.2 Å². The second-order valence-electron chi connectivity index (χ2n) is 4.01.